The van der Waals surface area contributed by atoms with Gasteiger partial charge in [0.05, 0.1) is 12.0 Å². The predicted octanol–water partition coefficient (Wildman–Crippen LogP) is 3.13. The van der Waals surface area contributed by atoms with Crippen LogP contribution in [0.3, 0.4) is 0 Å². The first-order chi connectivity index (χ1) is 14.0. The molecule has 9 heteroatoms. The highest BCUT2D eigenvalue weighted by Gasteiger charge is 2.28. The van der Waals surface area contributed by atoms with Gasteiger partial charge in [-0.15, -0.1) is 10.2 Å². The van der Waals surface area contributed by atoms with Crippen molar-refractivity contribution in [2.45, 2.75) is 57.8 Å². The lowest BCUT2D eigenvalue weighted by Gasteiger charge is -2.34. The Hall–Kier alpha value is -2.29. The number of carbonyl (C=O) groups is 2. The second kappa shape index (κ2) is 9.96. The first kappa shape index (κ1) is 21.4. The molecule has 2 aromatic rings. The van der Waals surface area contributed by atoms with E-state index in [1.54, 1.807) is 12.3 Å². The van der Waals surface area contributed by atoms with Gasteiger partial charge in [0.1, 0.15) is 0 Å². The molecule has 1 amide bonds. The summed E-state index contributed by atoms with van der Waals surface area (Å²) in [6, 6.07) is 3.75. The highest BCUT2D eigenvalue weighted by molar-refractivity contribution is 7.99. The molecule has 0 spiro atoms. The van der Waals surface area contributed by atoms with E-state index >= 15 is 0 Å². The quantitative estimate of drug-likeness (QED) is 0.517. The number of nitrogens with zero attached hydrogens (tertiary/aromatic N) is 3. The zero-order chi connectivity index (χ0) is 20.8. The van der Waals surface area contributed by atoms with Crippen molar-refractivity contribution in [2.75, 3.05) is 12.4 Å². The molecule has 0 radical (unpaired) electrons. The van der Waals surface area contributed by atoms with Gasteiger partial charge in [-0.3, -0.25) is 14.2 Å². The Morgan fingerprint density at radius 2 is 2.17 bits per heavy atom. The van der Waals surface area contributed by atoms with Gasteiger partial charge in [0.25, 0.3) is 5.91 Å². The van der Waals surface area contributed by atoms with E-state index in [0.717, 1.165) is 12.8 Å². The summed E-state index contributed by atoms with van der Waals surface area (Å²) in [7, 11) is 0. The summed E-state index contributed by atoms with van der Waals surface area (Å²) >= 11 is 1.23. The van der Waals surface area contributed by atoms with Crippen LogP contribution in [-0.4, -0.2) is 45.0 Å². The number of hydrogen-bond acceptors (Lipinski definition) is 7. The van der Waals surface area contributed by atoms with Gasteiger partial charge in [-0.25, -0.2) is 0 Å². The molecule has 0 saturated heterocycles. The lowest BCUT2D eigenvalue weighted by Crippen LogP contribution is -2.45. The van der Waals surface area contributed by atoms with Crippen LogP contribution in [0, 0.1) is 11.8 Å². The minimum absolute atomic E-state index is 0.0560. The first-order valence-corrected chi connectivity index (χ1v) is 11.0. The Balaban J connectivity index is 1.45. The third-order valence-electron chi connectivity index (χ3n) is 5.51. The Labute approximate surface area is 174 Å². The molecule has 3 rings (SSSR count). The normalized spacial score (nSPS) is 21.7. The van der Waals surface area contributed by atoms with Crippen LogP contribution in [0.4, 0.5) is 0 Å². The zero-order valence-electron chi connectivity index (χ0n) is 17.1. The summed E-state index contributed by atoms with van der Waals surface area (Å²) < 4.78 is 12.4. The van der Waals surface area contributed by atoms with Crippen LogP contribution in [0.15, 0.2) is 28.0 Å². The maximum absolute atomic E-state index is 12.1. The van der Waals surface area contributed by atoms with E-state index in [0.29, 0.717) is 35.1 Å². The van der Waals surface area contributed by atoms with Gasteiger partial charge in [0.2, 0.25) is 0 Å². The van der Waals surface area contributed by atoms with Crippen LogP contribution >= 0.6 is 11.8 Å². The van der Waals surface area contributed by atoms with E-state index in [-0.39, 0.29) is 24.3 Å². The standard InChI is InChI=1S/C20H28N4O4S/c1-4-24-19(16-9-6-10-27-16)22-23-20(24)29-12-18(26)28-11-17(25)21-15-8-5-7-13(2)14(15)3/h6,9-10,13-15H,4-5,7-8,11-12H2,1-3H3,(H,21,25)/t13-,14+,15+/m1/s1. The number of aromatic nitrogens is 3. The summed E-state index contributed by atoms with van der Waals surface area (Å²) in [5.74, 6) is 1.62. The van der Waals surface area contributed by atoms with Crippen molar-refractivity contribution in [1.82, 2.24) is 20.1 Å². The predicted molar refractivity (Wildman–Crippen MR) is 109 cm³/mol. The summed E-state index contributed by atoms with van der Waals surface area (Å²) in [4.78, 5) is 24.2. The number of furan rings is 1. The summed E-state index contributed by atoms with van der Waals surface area (Å²) in [6.07, 6.45) is 4.87. The number of rotatable bonds is 8. The van der Waals surface area contributed by atoms with Gasteiger partial charge in [-0.2, -0.15) is 0 Å². The lowest BCUT2D eigenvalue weighted by atomic mass is 9.78. The number of esters is 1. The van der Waals surface area contributed by atoms with E-state index in [4.69, 9.17) is 9.15 Å². The van der Waals surface area contributed by atoms with Gasteiger partial charge < -0.3 is 14.5 Å². The lowest BCUT2D eigenvalue weighted by molar-refractivity contribution is -0.146. The smallest absolute Gasteiger partial charge is 0.316 e. The van der Waals surface area contributed by atoms with Crippen LogP contribution in [0.25, 0.3) is 11.6 Å². The highest BCUT2D eigenvalue weighted by atomic mass is 32.2. The number of carbonyl (C=O) groups excluding carboxylic acids is 2. The van der Waals surface area contributed by atoms with E-state index in [9.17, 15) is 9.59 Å². The average Bonchev–Trinajstić information content (AvgIpc) is 3.37. The Bertz CT molecular complexity index is 821. The fourth-order valence-electron chi connectivity index (χ4n) is 3.61. The highest BCUT2D eigenvalue weighted by Crippen LogP contribution is 2.29. The van der Waals surface area contributed by atoms with Crippen LogP contribution in [-0.2, 0) is 20.9 Å². The molecule has 1 N–H and O–H groups in total. The zero-order valence-corrected chi connectivity index (χ0v) is 17.9. The molecule has 29 heavy (non-hydrogen) atoms. The average molecular weight is 421 g/mol. The van der Waals surface area contributed by atoms with Crippen LogP contribution in [0.1, 0.15) is 40.0 Å². The topological polar surface area (TPSA) is 99.2 Å². The summed E-state index contributed by atoms with van der Waals surface area (Å²) in [5, 5.41) is 11.9. The number of thioether (sulfide) groups is 1. The number of amides is 1. The fourth-order valence-corrected chi connectivity index (χ4v) is 4.41. The second-order valence-corrected chi connectivity index (χ2v) is 8.36. The summed E-state index contributed by atoms with van der Waals surface area (Å²) in [6.45, 7) is 6.73. The molecular weight excluding hydrogens is 392 g/mol. The minimum atomic E-state index is -0.458. The Morgan fingerprint density at radius 1 is 1.34 bits per heavy atom. The van der Waals surface area contributed by atoms with Crippen molar-refractivity contribution in [3.05, 3.63) is 18.4 Å². The SMILES string of the molecule is CCn1c(SCC(=O)OCC(=O)N[C@H]2CCC[C@@H](C)[C@@H]2C)nnc1-c1ccco1. The molecule has 1 aliphatic carbocycles. The number of nitrogens with one attached hydrogen (secondary N) is 1. The molecule has 0 aromatic carbocycles. The molecule has 0 aliphatic heterocycles. The monoisotopic (exact) mass is 420 g/mol. The van der Waals surface area contributed by atoms with Gasteiger partial charge in [0.15, 0.2) is 23.3 Å². The molecule has 158 valence electrons. The molecular formula is C20H28N4O4S. The molecule has 8 nitrogen and oxygen atoms in total. The third kappa shape index (κ3) is 5.41. The number of ether oxygens (including phenoxy) is 1. The summed E-state index contributed by atoms with van der Waals surface area (Å²) in [5.41, 5.74) is 0. The molecule has 1 aliphatic rings. The number of hydrogen-bond donors (Lipinski definition) is 1. The maximum atomic E-state index is 12.1. The van der Waals surface area contributed by atoms with E-state index in [1.165, 1.54) is 18.2 Å². The minimum Gasteiger partial charge on any atom is -0.461 e. The van der Waals surface area contributed by atoms with E-state index < -0.39 is 5.97 Å². The van der Waals surface area contributed by atoms with Crippen molar-refractivity contribution in [3.63, 3.8) is 0 Å². The van der Waals surface area contributed by atoms with Crippen LogP contribution in [0.2, 0.25) is 0 Å². The maximum Gasteiger partial charge on any atom is 0.316 e. The van der Waals surface area contributed by atoms with Crippen LogP contribution in [0.5, 0.6) is 0 Å². The third-order valence-corrected chi connectivity index (χ3v) is 6.45. The molecule has 1 fully saturated rings. The van der Waals surface area contributed by atoms with Crippen molar-refractivity contribution < 1.29 is 18.7 Å². The van der Waals surface area contributed by atoms with Gasteiger partial charge in [0, 0.05) is 12.6 Å². The Kier molecular flexibility index (Phi) is 7.35. The van der Waals surface area contributed by atoms with Gasteiger partial charge in [-0.05, 0) is 37.3 Å². The van der Waals surface area contributed by atoms with Crippen molar-refractivity contribution in [1.29, 1.82) is 0 Å². The van der Waals surface area contributed by atoms with Crippen molar-refractivity contribution in [2.24, 2.45) is 11.8 Å². The molecule has 0 bridgehead atoms. The first-order valence-electron chi connectivity index (χ1n) is 10.0. The van der Waals surface area contributed by atoms with Crippen molar-refractivity contribution >= 4 is 23.6 Å². The molecule has 2 aromatic heterocycles. The van der Waals surface area contributed by atoms with E-state index in [2.05, 4.69) is 29.4 Å². The molecule has 0 unspecified atom stereocenters. The van der Waals surface area contributed by atoms with Crippen molar-refractivity contribution in [3.8, 4) is 11.6 Å². The molecule has 2 heterocycles. The Morgan fingerprint density at radius 3 is 2.90 bits per heavy atom. The largest absolute Gasteiger partial charge is 0.461 e. The molecule has 3 atom stereocenters. The molecule has 1 saturated carbocycles. The van der Waals surface area contributed by atoms with Gasteiger partial charge in [-0.1, -0.05) is 38.5 Å². The van der Waals surface area contributed by atoms with Gasteiger partial charge >= 0.3 is 5.97 Å². The fraction of sp³-hybridized carbons (Fsp3) is 0.600. The van der Waals surface area contributed by atoms with E-state index in [1.807, 2.05) is 17.6 Å². The second-order valence-electron chi connectivity index (χ2n) is 7.42. The van der Waals surface area contributed by atoms with Crippen LogP contribution < -0.4 is 5.32 Å².